The summed E-state index contributed by atoms with van der Waals surface area (Å²) >= 11 is 0. The molecule has 3 rings (SSSR count). The molecule has 6 heteroatoms. The fourth-order valence-corrected chi connectivity index (χ4v) is 3.08. The van der Waals surface area contributed by atoms with Crippen molar-refractivity contribution < 1.29 is 9.59 Å². The Kier molecular flexibility index (Phi) is 6.60. The van der Waals surface area contributed by atoms with E-state index in [2.05, 4.69) is 10.6 Å². The minimum atomic E-state index is -0.858. The van der Waals surface area contributed by atoms with Gasteiger partial charge in [0, 0.05) is 17.7 Å². The summed E-state index contributed by atoms with van der Waals surface area (Å²) in [6.07, 6.45) is 0. The highest BCUT2D eigenvalue weighted by atomic mass is 16.2. The Bertz CT molecular complexity index is 1060. The second kappa shape index (κ2) is 9.52. The van der Waals surface area contributed by atoms with Crippen molar-refractivity contribution >= 4 is 17.6 Å². The van der Waals surface area contributed by atoms with Crippen LogP contribution in [-0.4, -0.2) is 17.6 Å². The second-order valence-corrected chi connectivity index (χ2v) is 6.96. The van der Waals surface area contributed by atoms with Gasteiger partial charge in [-0.05, 0) is 35.7 Å². The molecule has 0 spiro atoms. The van der Waals surface area contributed by atoms with Gasteiger partial charge in [-0.2, -0.15) is 0 Å². The Morgan fingerprint density at radius 2 is 1.60 bits per heavy atom. The SMILES string of the molecule is Cc1ccccc1CNC(=O)[C@H](NC(=O)c1cccc(C(=N)N)c1)c1ccccc1. The lowest BCUT2D eigenvalue weighted by Crippen LogP contribution is -2.40. The number of amidine groups is 1. The molecule has 1 atom stereocenters. The molecule has 0 aliphatic carbocycles. The molecule has 0 fully saturated rings. The van der Waals surface area contributed by atoms with Gasteiger partial charge in [0.05, 0.1) is 0 Å². The second-order valence-electron chi connectivity index (χ2n) is 6.96. The molecule has 6 nitrogen and oxygen atoms in total. The lowest BCUT2D eigenvalue weighted by Gasteiger charge is -2.19. The number of carbonyl (C=O) groups excluding carboxylic acids is 2. The molecule has 152 valence electrons. The van der Waals surface area contributed by atoms with Crippen LogP contribution in [0.2, 0.25) is 0 Å². The van der Waals surface area contributed by atoms with E-state index in [1.165, 1.54) is 6.07 Å². The van der Waals surface area contributed by atoms with Crippen LogP contribution in [0.5, 0.6) is 0 Å². The van der Waals surface area contributed by atoms with Gasteiger partial charge < -0.3 is 16.4 Å². The number of benzene rings is 3. The van der Waals surface area contributed by atoms with E-state index in [4.69, 9.17) is 11.1 Å². The first-order chi connectivity index (χ1) is 14.5. The quantitative estimate of drug-likeness (QED) is 0.361. The maximum absolute atomic E-state index is 13.0. The molecule has 3 aromatic rings. The van der Waals surface area contributed by atoms with Gasteiger partial charge in [-0.3, -0.25) is 15.0 Å². The molecule has 0 bridgehead atoms. The zero-order chi connectivity index (χ0) is 21.5. The third kappa shape index (κ3) is 5.11. The van der Waals surface area contributed by atoms with Crippen molar-refractivity contribution in [1.29, 1.82) is 5.41 Å². The van der Waals surface area contributed by atoms with Gasteiger partial charge in [-0.1, -0.05) is 66.7 Å². The van der Waals surface area contributed by atoms with E-state index in [0.29, 0.717) is 23.2 Å². The normalized spacial score (nSPS) is 11.4. The van der Waals surface area contributed by atoms with Crippen LogP contribution in [0.1, 0.15) is 38.7 Å². The number of amides is 2. The molecule has 0 saturated heterocycles. The van der Waals surface area contributed by atoms with Gasteiger partial charge in [-0.25, -0.2) is 0 Å². The topological polar surface area (TPSA) is 108 Å². The zero-order valence-corrected chi connectivity index (χ0v) is 16.7. The standard InChI is InChI=1S/C24H24N4O2/c1-16-8-5-6-11-20(16)15-27-24(30)21(17-9-3-2-4-10-17)28-23(29)19-13-7-12-18(14-19)22(25)26/h2-14,21H,15H2,1H3,(H3,25,26)(H,27,30)(H,28,29)/t21-/m1/s1. The first kappa shape index (κ1) is 20.8. The molecular formula is C24H24N4O2. The van der Waals surface area contributed by atoms with Crippen molar-refractivity contribution in [1.82, 2.24) is 10.6 Å². The van der Waals surface area contributed by atoms with Crippen LogP contribution >= 0.6 is 0 Å². The number of carbonyl (C=O) groups is 2. The van der Waals surface area contributed by atoms with E-state index in [9.17, 15) is 9.59 Å². The predicted octanol–water partition coefficient (Wildman–Crippen LogP) is 3.07. The Hall–Kier alpha value is -3.93. The van der Waals surface area contributed by atoms with Gasteiger partial charge in [0.2, 0.25) is 5.91 Å². The van der Waals surface area contributed by atoms with Crippen LogP contribution in [-0.2, 0) is 11.3 Å². The van der Waals surface area contributed by atoms with Gasteiger partial charge in [0.15, 0.2) is 0 Å². The van der Waals surface area contributed by atoms with Gasteiger partial charge in [-0.15, -0.1) is 0 Å². The number of hydrogen-bond donors (Lipinski definition) is 4. The van der Waals surface area contributed by atoms with Crippen molar-refractivity contribution in [2.24, 2.45) is 5.73 Å². The number of nitrogen functional groups attached to an aromatic ring is 1. The van der Waals surface area contributed by atoms with Crippen molar-refractivity contribution in [3.05, 3.63) is 107 Å². The first-order valence-corrected chi connectivity index (χ1v) is 9.58. The zero-order valence-electron chi connectivity index (χ0n) is 16.7. The summed E-state index contributed by atoms with van der Waals surface area (Å²) in [7, 11) is 0. The van der Waals surface area contributed by atoms with E-state index < -0.39 is 11.9 Å². The monoisotopic (exact) mass is 400 g/mol. The predicted molar refractivity (Wildman–Crippen MR) is 117 cm³/mol. The number of nitrogens with one attached hydrogen (secondary N) is 3. The molecular weight excluding hydrogens is 376 g/mol. The summed E-state index contributed by atoms with van der Waals surface area (Å²) in [5, 5.41) is 13.3. The summed E-state index contributed by atoms with van der Waals surface area (Å²) in [5.41, 5.74) is 9.07. The summed E-state index contributed by atoms with van der Waals surface area (Å²) in [5.74, 6) is -0.848. The van der Waals surface area contributed by atoms with Gasteiger partial charge in [0.25, 0.3) is 5.91 Å². The van der Waals surface area contributed by atoms with E-state index in [1.54, 1.807) is 30.3 Å². The molecule has 0 heterocycles. The van der Waals surface area contributed by atoms with E-state index >= 15 is 0 Å². The molecule has 0 saturated carbocycles. The highest BCUT2D eigenvalue weighted by Gasteiger charge is 2.23. The molecule has 30 heavy (non-hydrogen) atoms. The maximum atomic E-state index is 13.0. The van der Waals surface area contributed by atoms with Crippen molar-refractivity contribution in [2.75, 3.05) is 0 Å². The first-order valence-electron chi connectivity index (χ1n) is 9.58. The maximum Gasteiger partial charge on any atom is 0.252 e. The van der Waals surface area contributed by atoms with Crippen LogP contribution in [0.15, 0.2) is 78.9 Å². The smallest absolute Gasteiger partial charge is 0.252 e. The average Bonchev–Trinajstić information content (AvgIpc) is 2.77. The third-order valence-electron chi connectivity index (χ3n) is 4.82. The minimum absolute atomic E-state index is 0.125. The third-order valence-corrected chi connectivity index (χ3v) is 4.82. The summed E-state index contributed by atoms with van der Waals surface area (Å²) in [6, 6.07) is 22.5. The Labute approximate surface area is 175 Å². The number of rotatable bonds is 7. The van der Waals surface area contributed by atoms with Crippen LogP contribution in [0, 0.1) is 12.3 Å². The highest BCUT2D eigenvalue weighted by Crippen LogP contribution is 2.15. The van der Waals surface area contributed by atoms with Gasteiger partial charge >= 0.3 is 0 Å². The van der Waals surface area contributed by atoms with Crippen LogP contribution in [0.4, 0.5) is 0 Å². The lowest BCUT2D eigenvalue weighted by molar-refractivity contribution is -0.123. The minimum Gasteiger partial charge on any atom is -0.384 e. The molecule has 0 aliphatic heterocycles. The molecule has 0 radical (unpaired) electrons. The molecule has 0 unspecified atom stereocenters. The van der Waals surface area contributed by atoms with Crippen LogP contribution in [0.25, 0.3) is 0 Å². The molecule has 0 aliphatic rings. The Morgan fingerprint density at radius 1 is 0.933 bits per heavy atom. The van der Waals surface area contributed by atoms with Crippen LogP contribution in [0.3, 0.4) is 0 Å². The summed E-state index contributed by atoms with van der Waals surface area (Å²) < 4.78 is 0. The molecule has 3 aromatic carbocycles. The molecule has 0 aromatic heterocycles. The fourth-order valence-electron chi connectivity index (χ4n) is 3.08. The van der Waals surface area contributed by atoms with E-state index in [1.807, 2.05) is 49.4 Å². The van der Waals surface area contributed by atoms with Gasteiger partial charge in [0.1, 0.15) is 11.9 Å². The average molecular weight is 400 g/mol. The highest BCUT2D eigenvalue weighted by molar-refractivity contribution is 6.01. The van der Waals surface area contributed by atoms with Crippen molar-refractivity contribution in [3.8, 4) is 0 Å². The van der Waals surface area contributed by atoms with E-state index in [0.717, 1.165) is 11.1 Å². The Morgan fingerprint density at radius 3 is 2.30 bits per heavy atom. The van der Waals surface area contributed by atoms with Crippen LogP contribution < -0.4 is 16.4 Å². The van der Waals surface area contributed by atoms with E-state index in [-0.39, 0.29) is 11.7 Å². The number of nitrogens with two attached hydrogens (primary N) is 1. The number of hydrogen-bond acceptors (Lipinski definition) is 3. The van der Waals surface area contributed by atoms with Crippen molar-refractivity contribution in [2.45, 2.75) is 19.5 Å². The lowest BCUT2D eigenvalue weighted by atomic mass is 10.0. The molecule has 5 N–H and O–H groups in total. The summed E-state index contributed by atoms with van der Waals surface area (Å²) in [6.45, 7) is 2.35. The fraction of sp³-hybridized carbons (Fsp3) is 0.125. The summed E-state index contributed by atoms with van der Waals surface area (Å²) in [4.78, 5) is 25.8. The Balaban J connectivity index is 1.80. The van der Waals surface area contributed by atoms with Crippen molar-refractivity contribution in [3.63, 3.8) is 0 Å². The largest absolute Gasteiger partial charge is 0.384 e. The number of aryl methyl sites for hydroxylation is 1. The molecule has 2 amide bonds.